The van der Waals surface area contributed by atoms with Crippen molar-refractivity contribution < 1.29 is 4.79 Å². The summed E-state index contributed by atoms with van der Waals surface area (Å²) in [6.07, 6.45) is 4.98. The van der Waals surface area contributed by atoms with E-state index in [1.165, 1.54) is 0 Å². The molecular formula is C23H31N3O. The minimum Gasteiger partial charge on any atom is -0.370 e. The largest absolute Gasteiger partial charge is 0.370 e. The average Bonchev–Trinajstić information content (AvgIpc) is 2.58. The van der Waals surface area contributed by atoms with Crippen molar-refractivity contribution in [3.8, 4) is 0 Å². The molecule has 0 atom stereocenters. The lowest BCUT2D eigenvalue weighted by Crippen LogP contribution is -2.29. The monoisotopic (exact) mass is 365 g/mol. The van der Waals surface area contributed by atoms with Crippen LogP contribution in [-0.2, 0) is 4.79 Å². The molecule has 0 bridgehead atoms. The molecule has 4 nitrogen and oxygen atoms in total. The van der Waals surface area contributed by atoms with E-state index >= 15 is 0 Å². The smallest absolute Gasteiger partial charge is 0.164 e. The van der Waals surface area contributed by atoms with Gasteiger partial charge in [0, 0.05) is 54.7 Å². The van der Waals surface area contributed by atoms with Crippen LogP contribution in [0.25, 0.3) is 5.57 Å². The minimum atomic E-state index is -0.0164. The Morgan fingerprint density at radius 1 is 1.37 bits per heavy atom. The first kappa shape index (κ1) is 20.8. The Bertz CT molecular complexity index is 826. The first-order valence-corrected chi connectivity index (χ1v) is 9.46. The number of hydrogen-bond acceptors (Lipinski definition) is 3. The van der Waals surface area contributed by atoms with E-state index < -0.39 is 0 Å². The highest BCUT2D eigenvalue weighted by Gasteiger charge is 2.34. The molecule has 1 heterocycles. The van der Waals surface area contributed by atoms with Gasteiger partial charge in [-0.15, -0.1) is 0 Å². The fraction of sp³-hybridized carbons (Fsp3) is 0.435. The second-order valence-electron chi connectivity index (χ2n) is 7.97. The van der Waals surface area contributed by atoms with E-state index in [-0.39, 0.29) is 11.2 Å². The maximum Gasteiger partial charge on any atom is 0.164 e. The number of carbonyl (C=O) groups is 1. The Labute approximate surface area is 163 Å². The van der Waals surface area contributed by atoms with E-state index in [1.54, 1.807) is 13.2 Å². The second kappa shape index (κ2) is 8.47. The van der Waals surface area contributed by atoms with Crippen molar-refractivity contribution in [3.63, 3.8) is 0 Å². The molecule has 0 spiro atoms. The highest BCUT2D eigenvalue weighted by atomic mass is 16.1. The summed E-state index contributed by atoms with van der Waals surface area (Å²) in [6, 6.07) is 3.90. The molecule has 4 heteroatoms. The number of allylic oxidation sites excluding steroid dienone is 3. The third-order valence-electron chi connectivity index (χ3n) is 4.77. The van der Waals surface area contributed by atoms with Gasteiger partial charge in [-0.25, -0.2) is 0 Å². The summed E-state index contributed by atoms with van der Waals surface area (Å²) >= 11 is 0. The van der Waals surface area contributed by atoms with Crippen molar-refractivity contribution >= 4 is 17.2 Å². The summed E-state index contributed by atoms with van der Waals surface area (Å²) in [5.74, 6) is 0.926. The molecule has 1 aromatic heterocycles. The highest BCUT2D eigenvalue weighted by molar-refractivity contribution is 6.19. The number of aliphatic imine (C=N–C) groups is 1. The van der Waals surface area contributed by atoms with E-state index in [4.69, 9.17) is 0 Å². The normalized spacial score (nSPS) is 18.3. The molecule has 1 aliphatic carbocycles. The zero-order chi connectivity index (χ0) is 20.2. The third kappa shape index (κ3) is 4.62. The van der Waals surface area contributed by atoms with Crippen molar-refractivity contribution in [2.75, 3.05) is 13.6 Å². The average molecular weight is 366 g/mol. The highest BCUT2D eigenvalue weighted by Crippen LogP contribution is 2.42. The van der Waals surface area contributed by atoms with Crippen molar-refractivity contribution in [1.29, 1.82) is 0 Å². The Morgan fingerprint density at radius 2 is 2.07 bits per heavy atom. The van der Waals surface area contributed by atoms with Crippen molar-refractivity contribution in [1.82, 2.24) is 10.3 Å². The number of pyridine rings is 1. The van der Waals surface area contributed by atoms with E-state index in [9.17, 15) is 4.79 Å². The van der Waals surface area contributed by atoms with E-state index in [0.29, 0.717) is 6.42 Å². The molecule has 0 amide bonds. The number of ketones is 1. The van der Waals surface area contributed by atoms with Crippen molar-refractivity contribution in [2.24, 2.45) is 10.4 Å². The maximum atomic E-state index is 13.2. The van der Waals surface area contributed by atoms with Gasteiger partial charge in [0.15, 0.2) is 5.78 Å². The Hall–Kier alpha value is -2.49. The number of aromatic nitrogens is 1. The molecule has 2 rings (SSSR count). The van der Waals surface area contributed by atoms with Gasteiger partial charge in [-0.2, -0.15) is 0 Å². The molecular weight excluding hydrogens is 334 g/mol. The van der Waals surface area contributed by atoms with Crippen molar-refractivity contribution in [2.45, 2.75) is 47.5 Å². The van der Waals surface area contributed by atoms with Crippen LogP contribution in [0.1, 0.15) is 53.0 Å². The lowest BCUT2D eigenvalue weighted by atomic mass is 9.71. The van der Waals surface area contributed by atoms with Gasteiger partial charge in [-0.05, 0) is 44.2 Å². The van der Waals surface area contributed by atoms with E-state index in [1.807, 2.05) is 32.2 Å². The fourth-order valence-corrected chi connectivity index (χ4v) is 3.89. The summed E-state index contributed by atoms with van der Waals surface area (Å²) in [6.45, 7) is 15.3. The van der Waals surface area contributed by atoms with Gasteiger partial charge < -0.3 is 5.32 Å². The van der Waals surface area contributed by atoms with Crippen LogP contribution in [0.15, 0.2) is 58.4 Å². The first-order chi connectivity index (χ1) is 12.7. The van der Waals surface area contributed by atoms with Gasteiger partial charge >= 0.3 is 0 Å². The molecule has 1 N–H and O–H groups in total. The van der Waals surface area contributed by atoms with Gasteiger partial charge in [0.2, 0.25) is 0 Å². The zero-order valence-electron chi connectivity index (χ0n) is 17.4. The number of nitrogens with one attached hydrogen (secondary N) is 1. The number of amidine groups is 1. The third-order valence-corrected chi connectivity index (χ3v) is 4.77. The first-order valence-electron chi connectivity index (χ1n) is 9.46. The molecule has 1 aliphatic rings. The SMILES string of the molecule is C=C(C)/C(C(=NC)NCC)=C(\C1=C(C)CC(C)(C)CC1=O)c1cccnc1. The van der Waals surface area contributed by atoms with Crippen LogP contribution in [0, 0.1) is 5.41 Å². The number of hydrogen-bond donors (Lipinski definition) is 1. The summed E-state index contributed by atoms with van der Waals surface area (Å²) in [5.41, 5.74) is 5.44. The lowest BCUT2D eigenvalue weighted by Gasteiger charge is -2.33. The molecule has 27 heavy (non-hydrogen) atoms. The summed E-state index contributed by atoms with van der Waals surface area (Å²) in [4.78, 5) is 22.0. The van der Waals surface area contributed by atoms with E-state index in [2.05, 4.69) is 42.6 Å². The molecule has 0 fully saturated rings. The molecule has 0 aliphatic heterocycles. The fourth-order valence-electron chi connectivity index (χ4n) is 3.89. The number of rotatable bonds is 5. The van der Waals surface area contributed by atoms with Crippen LogP contribution in [-0.4, -0.2) is 30.2 Å². The predicted octanol–water partition coefficient (Wildman–Crippen LogP) is 4.75. The Morgan fingerprint density at radius 3 is 2.56 bits per heavy atom. The van der Waals surface area contributed by atoms with Gasteiger partial charge in [-0.1, -0.05) is 32.1 Å². The quantitative estimate of drug-likeness (QED) is 0.465. The van der Waals surface area contributed by atoms with Gasteiger partial charge in [-0.3, -0.25) is 14.8 Å². The zero-order valence-corrected chi connectivity index (χ0v) is 17.4. The Kier molecular flexibility index (Phi) is 6.53. The van der Waals surface area contributed by atoms with Gasteiger partial charge in [0.25, 0.3) is 0 Å². The van der Waals surface area contributed by atoms with Crippen molar-refractivity contribution in [3.05, 3.63) is 59.0 Å². The molecule has 0 unspecified atom stereocenters. The van der Waals surface area contributed by atoms with Crippen LogP contribution in [0.2, 0.25) is 0 Å². The number of Topliss-reactive ketones (excluding diaryl/α,β-unsaturated/α-hetero) is 1. The Balaban J connectivity index is 2.87. The number of carbonyl (C=O) groups excluding carboxylic acids is 1. The lowest BCUT2D eigenvalue weighted by molar-refractivity contribution is -0.117. The van der Waals surface area contributed by atoms with Crippen LogP contribution < -0.4 is 5.32 Å². The summed E-state index contributed by atoms with van der Waals surface area (Å²) in [7, 11) is 1.76. The predicted molar refractivity (Wildman–Crippen MR) is 114 cm³/mol. The molecule has 0 saturated heterocycles. The molecule has 144 valence electrons. The minimum absolute atomic E-state index is 0.0164. The standard InChI is InChI=1S/C23H31N3O/c1-8-26-22(24-7)19(15(2)3)21(17-10-9-11-25-14-17)20-16(4)12-23(5,6)13-18(20)27/h9-11,14H,2,8,12-13H2,1,3-7H3,(H,24,26)/b21-19+. The van der Waals surface area contributed by atoms with Crippen LogP contribution in [0.5, 0.6) is 0 Å². The summed E-state index contributed by atoms with van der Waals surface area (Å²) < 4.78 is 0. The topological polar surface area (TPSA) is 54.4 Å². The molecule has 0 radical (unpaired) electrons. The molecule has 0 aromatic carbocycles. The summed E-state index contributed by atoms with van der Waals surface area (Å²) in [5, 5.41) is 3.33. The van der Waals surface area contributed by atoms with Crippen LogP contribution in [0.4, 0.5) is 0 Å². The molecule has 0 saturated carbocycles. The molecule has 1 aromatic rings. The maximum absolute atomic E-state index is 13.2. The van der Waals surface area contributed by atoms with Crippen LogP contribution >= 0.6 is 0 Å². The number of likely N-dealkylation sites (N-methyl/N-ethyl adjacent to an activating group) is 1. The van der Waals surface area contributed by atoms with Crippen LogP contribution in [0.3, 0.4) is 0 Å². The van der Waals surface area contributed by atoms with Gasteiger partial charge in [0.05, 0.1) is 0 Å². The van der Waals surface area contributed by atoms with Gasteiger partial charge in [0.1, 0.15) is 5.84 Å². The number of nitrogens with zero attached hydrogens (tertiary/aromatic N) is 2. The van der Waals surface area contributed by atoms with E-state index in [0.717, 1.165) is 52.2 Å². The second-order valence-corrected chi connectivity index (χ2v) is 7.97.